The summed E-state index contributed by atoms with van der Waals surface area (Å²) < 4.78 is 38.4. The molecule has 0 atom stereocenters. The summed E-state index contributed by atoms with van der Waals surface area (Å²) in [4.78, 5) is 0. The molecule has 9 nitrogen and oxygen atoms in total. The Bertz CT molecular complexity index is 1080. The topological polar surface area (TPSA) is 68.1 Å². The van der Waals surface area contributed by atoms with Crippen molar-refractivity contribution in [3.63, 3.8) is 0 Å². The van der Waals surface area contributed by atoms with Gasteiger partial charge in [-0.1, -0.05) is 12.2 Å². The minimum atomic E-state index is 0.588. The molecule has 0 bridgehead atoms. The van der Waals surface area contributed by atoms with Gasteiger partial charge in [-0.05, 0) is 35.4 Å². The van der Waals surface area contributed by atoms with Gasteiger partial charge in [0.2, 0.25) is 0 Å². The van der Waals surface area contributed by atoms with Gasteiger partial charge in [-0.25, -0.2) is 9.13 Å². The summed E-state index contributed by atoms with van der Waals surface area (Å²) in [6.45, 7) is 7.69. The Balaban J connectivity index is 1.38. The molecule has 0 amide bonds. The van der Waals surface area contributed by atoms with E-state index in [4.69, 9.17) is 28.4 Å². The first-order chi connectivity index (χ1) is 20.7. The number of hydrogen-bond acceptors (Lipinski definition) is 6. The quantitative estimate of drug-likeness (QED) is 0.134. The van der Waals surface area contributed by atoms with Crippen LogP contribution >= 0.6 is 0 Å². The van der Waals surface area contributed by atoms with Gasteiger partial charge in [-0.2, -0.15) is 0 Å². The van der Waals surface area contributed by atoms with Crippen LogP contribution < -0.4 is 9.13 Å². The van der Waals surface area contributed by atoms with Crippen LogP contribution in [0.3, 0.4) is 0 Å². The summed E-state index contributed by atoms with van der Waals surface area (Å²) in [5, 5.41) is 0. The molecule has 0 fully saturated rings. The molecule has 9 heteroatoms. The number of hydrogen-bond donors (Lipinski definition) is 0. The number of methoxy groups -OCH3 is 2. The molecule has 3 aromatic heterocycles. The molecule has 42 heavy (non-hydrogen) atoms. The van der Waals surface area contributed by atoms with Crippen LogP contribution in [0.2, 0.25) is 0 Å². The van der Waals surface area contributed by atoms with Crippen molar-refractivity contribution in [2.75, 3.05) is 80.3 Å². The van der Waals surface area contributed by atoms with Crippen molar-refractivity contribution < 1.29 is 37.6 Å². The minimum absolute atomic E-state index is 0.588. The van der Waals surface area contributed by atoms with Crippen molar-refractivity contribution in [1.29, 1.82) is 0 Å². The maximum Gasteiger partial charge on any atom is 0.171 e. The molecule has 0 aliphatic heterocycles. The van der Waals surface area contributed by atoms with E-state index in [0.29, 0.717) is 66.1 Å². The lowest BCUT2D eigenvalue weighted by Gasteiger charge is -2.04. The Morgan fingerprint density at radius 2 is 0.857 bits per heavy atom. The molecule has 228 valence electrons. The van der Waals surface area contributed by atoms with Gasteiger partial charge in [0.05, 0.1) is 52.9 Å². The van der Waals surface area contributed by atoms with E-state index in [1.54, 1.807) is 14.2 Å². The molecule has 3 aromatic rings. The number of ether oxygens (including phenoxy) is 6. The van der Waals surface area contributed by atoms with E-state index in [-0.39, 0.29) is 0 Å². The second-order valence-corrected chi connectivity index (χ2v) is 9.58. The number of pyridine rings is 2. The molecule has 0 aliphatic carbocycles. The molecule has 0 N–H and O–H groups in total. The fraction of sp³-hybridized carbons (Fsp3) is 0.455. The highest BCUT2D eigenvalue weighted by molar-refractivity contribution is 5.72. The maximum atomic E-state index is 5.63. The lowest BCUT2D eigenvalue weighted by molar-refractivity contribution is -0.698. The predicted octanol–water partition coefficient (Wildman–Crippen LogP) is 3.30. The monoisotopic (exact) mass is 581 g/mol. The second-order valence-electron chi connectivity index (χ2n) is 9.58. The third kappa shape index (κ3) is 13.2. The highest BCUT2D eigenvalue weighted by atomic mass is 16.5. The number of aromatic nitrogens is 3. The van der Waals surface area contributed by atoms with E-state index in [1.165, 1.54) is 0 Å². The molecule has 0 saturated carbocycles. The van der Waals surface area contributed by atoms with Gasteiger partial charge in [0, 0.05) is 56.9 Å². The standard InChI is InChI=1S/C33H47N3O6/c1-34-32(6-4-30-10-14-35(15-11-30)18-20-39-26-28-41-24-22-37-2)8-9-33(34)7-5-31-12-16-36(17-13-31)19-21-40-27-29-42-25-23-38-3/h4-17H,18-29H2,1-3H3/q+2. The van der Waals surface area contributed by atoms with Crippen molar-refractivity contribution in [2.24, 2.45) is 7.05 Å². The van der Waals surface area contributed by atoms with Gasteiger partial charge >= 0.3 is 0 Å². The van der Waals surface area contributed by atoms with Crippen molar-refractivity contribution in [3.05, 3.63) is 83.7 Å². The summed E-state index contributed by atoms with van der Waals surface area (Å²) in [5.41, 5.74) is 4.58. The van der Waals surface area contributed by atoms with Crippen LogP contribution in [-0.2, 0) is 48.6 Å². The van der Waals surface area contributed by atoms with Crippen LogP contribution in [-0.4, -0.2) is 84.9 Å². The lowest BCUT2D eigenvalue weighted by Crippen LogP contribution is -2.35. The van der Waals surface area contributed by atoms with Crippen molar-refractivity contribution in [3.8, 4) is 0 Å². The van der Waals surface area contributed by atoms with Crippen LogP contribution in [0.25, 0.3) is 24.3 Å². The Labute approximate surface area is 250 Å². The van der Waals surface area contributed by atoms with E-state index in [1.807, 2.05) is 0 Å². The van der Waals surface area contributed by atoms with E-state index in [0.717, 1.165) is 35.6 Å². The first-order valence-corrected chi connectivity index (χ1v) is 14.5. The summed E-state index contributed by atoms with van der Waals surface area (Å²) in [6, 6.07) is 12.7. The van der Waals surface area contributed by atoms with Gasteiger partial charge in [0.15, 0.2) is 37.9 Å². The van der Waals surface area contributed by atoms with E-state index in [9.17, 15) is 0 Å². The van der Waals surface area contributed by atoms with Crippen LogP contribution in [0.5, 0.6) is 0 Å². The molecule has 0 unspecified atom stereocenters. The molecule has 3 rings (SSSR count). The lowest BCUT2D eigenvalue weighted by atomic mass is 10.2. The van der Waals surface area contributed by atoms with Crippen molar-refractivity contribution in [1.82, 2.24) is 4.57 Å². The highest BCUT2D eigenvalue weighted by Crippen LogP contribution is 2.14. The SMILES string of the molecule is COCCOCCOCC[n+]1ccc(/C=C/c2ccc(/C=C/c3cc[n+](CCOCCOCCOC)cc3)n2C)cc1. The smallest absolute Gasteiger partial charge is 0.171 e. The third-order valence-electron chi connectivity index (χ3n) is 6.52. The van der Waals surface area contributed by atoms with Gasteiger partial charge in [-0.15, -0.1) is 0 Å². The Morgan fingerprint density at radius 3 is 1.24 bits per heavy atom. The van der Waals surface area contributed by atoms with Gasteiger partial charge < -0.3 is 33.0 Å². The van der Waals surface area contributed by atoms with Crippen LogP contribution in [0, 0.1) is 0 Å². The molecular weight excluding hydrogens is 534 g/mol. The zero-order chi connectivity index (χ0) is 29.7. The Morgan fingerprint density at radius 1 is 0.500 bits per heavy atom. The molecule has 0 saturated heterocycles. The predicted molar refractivity (Wildman–Crippen MR) is 164 cm³/mol. The molecule has 0 aromatic carbocycles. The number of nitrogens with zero attached hydrogens (tertiary/aromatic N) is 3. The largest absolute Gasteiger partial charge is 0.382 e. The summed E-state index contributed by atoms with van der Waals surface area (Å²) in [7, 11) is 5.42. The second kappa shape index (κ2) is 20.7. The average molecular weight is 582 g/mol. The van der Waals surface area contributed by atoms with Crippen LogP contribution in [0.1, 0.15) is 22.5 Å². The fourth-order valence-corrected chi connectivity index (χ4v) is 3.97. The Kier molecular flexibility index (Phi) is 16.4. The molecule has 3 heterocycles. The van der Waals surface area contributed by atoms with Gasteiger partial charge in [-0.3, -0.25) is 0 Å². The number of rotatable bonds is 22. The highest BCUT2D eigenvalue weighted by Gasteiger charge is 2.03. The third-order valence-corrected chi connectivity index (χ3v) is 6.52. The Hall–Kier alpha value is -3.18. The fourth-order valence-electron chi connectivity index (χ4n) is 3.97. The zero-order valence-electron chi connectivity index (χ0n) is 25.4. The average Bonchev–Trinajstić information content (AvgIpc) is 3.37. The summed E-state index contributed by atoms with van der Waals surface area (Å²) in [5.74, 6) is 0. The van der Waals surface area contributed by atoms with Gasteiger partial charge in [0.1, 0.15) is 13.2 Å². The normalized spacial score (nSPS) is 11.8. The molecule has 0 aliphatic rings. The molecule has 0 spiro atoms. The van der Waals surface area contributed by atoms with E-state index >= 15 is 0 Å². The first kappa shape index (κ1) is 33.3. The molecule has 0 radical (unpaired) electrons. The van der Waals surface area contributed by atoms with E-state index < -0.39 is 0 Å². The first-order valence-electron chi connectivity index (χ1n) is 14.5. The molecular formula is C33H47N3O6+2. The van der Waals surface area contributed by atoms with Crippen molar-refractivity contribution >= 4 is 24.3 Å². The zero-order valence-corrected chi connectivity index (χ0v) is 25.4. The minimum Gasteiger partial charge on any atom is -0.382 e. The summed E-state index contributed by atoms with van der Waals surface area (Å²) >= 11 is 0. The maximum absolute atomic E-state index is 5.63. The van der Waals surface area contributed by atoms with Crippen LogP contribution in [0.4, 0.5) is 0 Å². The summed E-state index contributed by atoms with van der Waals surface area (Å²) in [6.07, 6.45) is 16.9. The van der Waals surface area contributed by atoms with E-state index in [2.05, 4.69) is 106 Å². The van der Waals surface area contributed by atoms with Crippen LogP contribution in [0.15, 0.2) is 61.2 Å². The van der Waals surface area contributed by atoms with Gasteiger partial charge in [0.25, 0.3) is 0 Å². The van der Waals surface area contributed by atoms with Crippen molar-refractivity contribution in [2.45, 2.75) is 13.1 Å².